The molecule has 142 valence electrons. The van der Waals surface area contributed by atoms with Crippen molar-refractivity contribution in [3.8, 4) is 0 Å². The van der Waals surface area contributed by atoms with Crippen LogP contribution in [0.2, 0.25) is 5.02 Å². The number of nitrogens with zero attached hydrogens (tertiary/aromatic N) is 2. The first-order valence-electron chi connectivity index (χ1n) is 8.51. The lowest BCUT2D eigenvalue weighted by Gasteiger charge is -2.00. The van der Waals surface area contributed by atoms with E-state index in [1.807, 2.05) is 31.2 Å². The average molecular weight is 446 g/mol. The maximum absolute atomic E-state index is 12.7. The molecule has 0 aliphatic heterocycles. The molecule has 4 rings (SSSR count). The predicted octanol–water partition coefficient (Wildman–Crippen LogP) is 6.57. The maximum Gasteiger partial charge on any atom is 0.269 e. The Hall–Kier alpha value is -1.93. The number of amides is 1. The van der Waals surface area contributed by atoms with Crippen molar-refractivity contribution in [3.05, 3.63) is 69.1 Å². The molecule has 1 amide bonds. The van der Waals surface area contributed by atoms with Crippen molar-refractivity contribution in [1.29, 1.82) is 0 Å². The van der Waals surface area contributed by atoms with Gasteiger partial charge in [-0.05, 0) is 31.0 Å². The van der Waals surface area contributed by atoms with Gasteiger partial charge in [-0.2, -0.15) is 0 Å². The van der Waals surface area contributed by atoms with Crippen molar-refractivity contribution in [3.63, 3.8) is 0 Å². The Morgan fingerprint density at radius 1 is 1.11 bits per heavy atom. The molecule has 0 fully saturated rings. The number of rotatable bonds is 5. The number of carbonyl (C=O) groups excluding carboxylic acids is 1. The first-order valence-corrected chi connectivity index (χ1v) is 11.5. The number of carbonyl (C=O) groups is 1. The smallest absolute Gasteiger partial charge is 0.269 e. The van der Waals surface area contributed by atoms with Crippen molar-refractivity contribution >= 4 is 67.2 Å². The summed E-state index contributed by atoms with van der Waals surface area (Å²) in [6.07, 6.45) is 0. The number of anilines is 1. The van der Waals surface area contributed by atoms with Crippen molar-refractivity contribution in [2.75, 3.05) is 5.32 Å². The third-order valence-corrected chi connectivity index (χ3v) is 7.76. The lowest BCUT2D eigenvalue weighted by Crippen LogP contribution is -2.10. The van der Waals surface area contributed by atoms with E-state index in [0.717, 1.165) is 25.7 Å². The van der Waals surface area contributed by atoms with Crippen molar-refractivity contribution in [2.24, 2.45) is 0 Å². The van der Waals surface area contributed by atoms with Gasteiger partial charge in [-0.15, -0.1) is 21.5 Å². The van der Waals surface area contributed by atoms with E-state index in [2.05, 4.69) is 40.6 Å². The van der Waals surface area contributed by atoms with Crippen molar-refractivity contribution < 1.29 is 4.79 Å². The molecular formula is C20H16ClN3OS3. The van der Waals surface area contributed by atoms with Crippen LogP contribution in [0.3, 0.4) is 0 Å². The average Bonchev–Trinajstić information content (AvgIpc) is 3.24. The van der Waals surface area contributed by atoms with E-state index in [1.165, 1.54) is 33.8 Å². The topological polar surface area (TPSA) is 54.9 Å². The molecule has 0 atom stereocenters. The molecule has 4 aromatic rings. The molecule has 0 saturated carbocycles. The molecule has 28 heavy (non-hydrogen) atoms. The van der Waals surface area contributed by atoms with E-state index in [1.54, 1.807) is 11.8 Å². The lowest BCUT2D eigenvalue weighted by atomic mass is 10.2. The second kappa shape index (κ2) is 8.21. The summed E-state index contributed by atoms with van der Waals surface area (Å²) in [5, 5.41) is 12.9. The number of aromatic nitrogens is 2. The predicted molar refractivity (Wildman–Crippen MR) is 120 cm³/mol. The van der Waals surface area contributed by atoms with Crippen LogP contribution in [0.5, 0.6) is 0 Å². The van der Waals surface area contributed by atoms with E-state index in [-0.39, 0.29) is 5.91 Å². The molecule has 0 saturated heterocycles. The van der Waals surface area contributed by atoms with Crippen LogP contribution in [0, 0.1) is 13.8 Å². The van der Waals surface area contributed by atoms with Gasteiger partial charge in [-0.3, -0.25) is 10.1 Å². The van der Waals surface area contributed by atoms with E-state index in [0.29, 0.717) is 15.0 Å². The molecule has 2 heterocycles. The Morgan fingerprint density at radius 2 is 1.93 bits per heavy atom. The summed E-state index contributed by atoms with van der Waals surface area (Å²) in [5.41, 5.74) is 3.61. The molecule has 2 aromatic heterocycles. The standard InChI is InChI=1S/C20H16ClN3OS3/c1-11-4-3-5-13(8-11)10-26-20-24-23-19(28-20)22-18(25)17-16(21)14-7-6-12(2)9-15(14)27-17/h3-9H,10H2,1-2H3,(H,22,23,25). The monoisotopic (exact) mass is 445 g/mol. The number of hydrogen-bond acceptors (Lipinski definition) is 6. The van der Waals surface area contributed by atoms with Gasteiger partial charge in [0.05, 0.1) is 5.02 Å². The van der Waals surface area contributed by atoms with Crippen LogP contribution in [-0.2, 0) is 5.75 Å². The quantitative estimate of drug-likeness (QED) is 0.279. The molecule has 0 unspecified atom stereocenters. The summed E-state index contributed by atoms with van der Waals surface area (Å²) in [7, 11) is 0. The van der Waals surface area contributed by atoms with Gasteiger partial charge in [0.15, 0.2) is 4.34 Å². The van der Waals surface area contributed by atoms with Crippen LogP contribution in [0.4, 0.5) is 5.13 Å². The molecular weight excluding hydrogens is 430 g/mol. The Balaban J connectivity index is 1.45. The van der Waals surface area contributed by atoms with Gasteiger partial charge in [-0.25, -0.2) is 0 Å². The molecule has 0 spiro atoms. The molecule has 8 heteroatoms. The fourth-order valence-corrected chi connectivity index (χ4v) is 5.94. The highest BCUT2D eigenvalue weighted by Gasteiger charge is 2.19. The summed E-state index contributed by atoms with van der Waals surface area (Å²) >= 11 is 10.8. The van der Waals surface area contributed by atoms with E-state index >= 15 is 0 Å². The van der Waals surface area contributed by atoms with Gasteiger partial charge >= 0.3 is 0 Å². The molecule has 1 N–H and O–H groups in total. The molecule has 0 aliphatic carbocycles. The largest absolute Gasteiger partial charge is 0.296 e. The second-order valence-electron chi connectivity index (χ2n) is 6.35. The molecule has 4 nitrogen and oxygen atoms in total. The van der Waals surface area contributed by atoms with Gasteiger partial charge in [0.25, 0.3) is 5.91 Å². The van der Waals surface area contributed by atoms with Crippen molar-refractivity contribution in [2.45, 2.75) is 23.9 Å². The first kappa shape index (κ1) is 19.4. The first-order chi connectivity index (χ1) is 13.5. The Kier molecular flexibility index (Phi) is 5.68. The summed E-state index contributed by atoms with van der Waals surface area (Å²) in [4.78, 5) is 13.2. The van der Waals surface area contributed by atoms with Gasteiger partial charge < -0.3 is 0 Å². The fourth-order valence-electron chi connectivity index (χ4n) is 2.74. The Labute approximate surface area is 180 Å². The Morgan fingerprint density at radius 3 is 2.75 bits per heavy atom. The highest BCUT2D eigenvalue weighted by Crippen LogP contribution is 2.36. The zero-order valence-corrected chi connectivity index (χ0v) is 18.4. The van der Waals surface area contributed by atoms with Gasteiger partial charge in [0, 0.05) is 15.8 Å². The SMILES string of the molecule is Cc1cccc(CSc2nnc(NC(=O)c3sc4cc(C)ccc4c3Cl)s2)c1. The lowest BCUT2D eigenvalue weighted by molar-refractivity contribution is 0.103. The van der Waals surface area contributed by atoms with E-state index in [9.17, 15) is 4.79 Å². The second-order valence-corrected chi connectivity index (χ2v) is 9.98. The zero-order valence-electron chi connectivity index (χ0n) is 15.2. The molecule has 2 aromatic carbocycles. The van der Waals surface area contributed by atoms with E-state index < -0.39 is 0 Å². The zero-order chi connectivity index (χ0) is 19.7. The number of aryl methyl sites for hydroxylation is 2. The number of hydrogen-bond donors (Lipinski definition) is 1. The van der Waals surface area contributed by atoms with Crippen LogP contribution in [-0.4, -0.2) is 16.1 Å². The number of nitrogens with one attached hydrogen (secondary N) is 1. The number of thioether (sulfide) groups is 1. The molecule has 0 aliphatic rings. The fraction of sp³-hybridized carbons (Fsp3) is 0.150. The number of fused-ring (bicyclic) bond motifs is 1. The van der Waals surface area contributed by atoms with Crippen LogP contribution in [0.15, 0.2) is 46.8 Å². The summed E-state index contributed by atoms with van der Waals surface area (Å²) in [6.45, 7) is 4.09. The summed E-state index contributed by atoms with van der Waals surface area (Å²) in [5.74, 6) is 0.557. The third kappa shape index (κ3) is 4.22. The summed E-state index contributed by atoms with van der Waals surface area (Å²) in [6, 6.07) is 14.3. The minimum Gasteiger partial charge on any atom is -0.296 e. The minimum absolute atomic E-state index is 0.254. The number of halogens is 1. The highest BCUT2D eigenvalue weighted by atomic mass is 35.5. The molecule has 0 radical (unpaired) electrons. The van der Waals surface area contributed by atoms with Crippen LogP contribution >= 0.6 is 46.0 Å². The van der Waals surface area contributed by atoms with Gasteiger partial charge in [-0.1, -0.05) is 76.7 Å². The van der Waals surface area contributed by atoms with Gasteiger partial charge in [0.1, 0.15) is 4.88 Å². The van der Waals surface area contributed by atoms with Crippen LogP contribution in [0.25, 0.3) is 10.1 Å². The number of benzene rings is 2. The van der Waals surface area contributed by atoms with Crippen molar-refractivity contribution in [1.82, 2.24) is 10.2 Å². The Bertz CT molecular complexity index is 1170. The van der Waals surface area contributed by atoms with Crippen LogP contribution in [0.1, 0.15) is 26.4 Å². The van der Waals surface area contributed by atoms with E-state index in [4.69, 9.17) is 11.6 Å². The number of thiophene rings is 1. The normalized spacial score (nSPS) is 11.1. The third-order valence-electron chi connectivity index (χ3n) is 4.06. The maximum atomic E-state index is 12.7. The van der Waals surface area contributed by atoms with Gasteiger partial charge in [0.2, 0.25) is 5.13 Å². The highest BCUT2D eigenvalue weighted by molar-refractivity contribution is 8.00. The molecule has 0 bridgehead atoms. The summed E-state index contributed by atoms with van der Waals surface area (Å²) < 4.78 is 1.82. The minimum atomic E-state index is -0.254. The van der Waals surface area contributed by atoms with Crippen LogP contribution < -0.4 is 5.32 Å².